The minimum Gasteiger partial charge on any atom is -0.460 e. The number of hydrogen-bond acceptors (Lipinski definition) is 3. The molecule has 0 saturated heterocycles. The molecule has 0 aromatic rings. The third-order valence-corrected chi connectivity index (χ3v) is 1.98. The zero-order valence-corrected chi connectivity index (χ0v) is 11.9. The Morgan fingerprint density at radius 2 is 1.83 bits per heavy atom. The van der Waals surface area contributed by atoms with Gasteiger partial charge in [0, 0.05) is 11.1 Å². The van der Waals surface area contributed by atoms with Gasteiger partial charge >= 0.3 is 5.97 Å². The monoisotopic (exact) mass is 253 g/mol. The van der Waals surface area contributed by atoms with Crippen LogP contribution in [0.2, 0.25) is 0 Å². The molecule has 0 aliphatic carbocycles. The summed E-state index contributed by atoms with van der Waals surface area (Å²) in [7, 11) is 0. The first-order chi connectivity index (χ1) is 8.13. The summed E-state index contributed by atoms with van der Waals surface area (Å²) in [5.41, 5.74) is 0.979. The molecule has 1 N–H and O–H groups in total. The van der Waals surface area contributed by atoms with Crippen molar-refractivity contribution in [1.29, 1.82) is 0 Å². The van der Waals surface area contributed by atoms with Crippen LogP contribution in [0.25, 0.3) is 0 Å². The molecule has 0 saturated carbocycles. The number of rotatable bonds is 5. The summed E-state index contributed by atoms with van der Waals surface area (Å²) >= 11 is 0. The van der Waals surface area contributed by atoms with Crippen molar-refractivity contribution in [2.75, 3.05) is 13.2 Å². The highest BCUT2D eigenvalue weighted by molar-refractivity contribution is 5.92. The Balaban J connectivity index is 4.02. The van der Waals surface area contributed by atoms with E-state index in [0.29, 0.717) is 17.7 Å². The third-order valence-electron chi connectivity index (χ3n) is 1.98. The maximum Gasteiger partial charge on any atom is 0.333 e. The van der Waals surface area contributed by atoms with Crippen LogP contribution in [0, 0.1) is 5.41 Å². The molecule has 4 heteroatoms. The largest absolute Gasteiger partial charge is 0.460 e. The van der Waals surface area contributed by atoms with Gasteiger partial charge in [-0.3, -0.25) is 4.79 Å². The summed E-state index contributed by atoms with van der Waals surface area (Å²) in [5, 5.41) is 2.69. The van der Waals surface area contributed by atoms with Gasteiger partial charge in [-0.15, -0.1) is 0 Å². The molecule has 0 bridgehead atoms. The first-order valence-electron chi connectivity index (χ1n) is 5.94. The molecule has 18 heavy (non-hydrogen) atoms. The molecule has 4 nitrogen and oxygen atoms in total. The lowest BCUT2D eigenvalue weighted by molar-refractivity contribution is -0.139. The number of amides is 1. The van der Waals surface area contributed by atoms with Gasteiger partial charge in [-0.05, 0) is 19.3 Å². The number of carbonyl (C=O) groups excluding carboxylic acids is 2. The summed E-state index contributed by atoms with van der Waals surface area (Å²) in [6.07, 6.45) is 1.90. The predicted octanol–water partition coefficient (Wildman–Crippen LogP) is 2.21. The van der Waals surface area contributed by atoms with E-state index in [0.717, 1.165) is 0 Å². The van der Waals surface area contributed by atoms with Crippen LogP contribution in [-0.2, 0) is 14.3 Å². The molecule has 1 amide bonds. The Morgan fingerprint density at radius 1 is 1.28 bits per heavy atom. The van der Waals surface area contributed by atoms with Crippen molar-refractivity contribution in [3.63, 3.8) is 0 Å². The lowest BCUT2D eigenvalue weighted by atomic mass is 9.94. The fourth-order valence-electron chi connectivity index (χ4n) is 1.29. The molecule has 0 heterocycles. The minimum absolute atomic E-state index is 0.0339. The second-order valence-corrected chi connectivity index (χ2v) is 5.37. The molecular weight excluding hydrogens is 230 g/mol. The van der Waals surface area contributed by atoms with E-state index in [1.165, 1.54) is 0 Å². The molecule has 0 aliphatic rings. The Bertz CT molecular complexity index is 362. The maximum absolute atomic E-state index is 11.7. The van der Waals surface area contributed by atoms with Crippen molar-refractivity contribution in [3.05, 3.63) is 23.8 Å². The SMILES string of the molecule is C=C(C)C(=O)OCCNC(=O)C(C)=CC(C)(C)C. The van der Waals surface area contributed by atoms with Crippen LogP contribution in [0.1, 0.15) is 34.6 Å². The topological polar surface area (TPSA) is 55.4 Å². The van der Waals surface area contributed by atoms with Crippen molar-refractivity contribution >= 4 is 11.9 Å². The number of ether oxygens (including phenoxy) is 1. The molecular formula is C14H23NO3. The third kappa shape index (κ3) is 7.65. The van der Waals surface area contributed by atoms with E-state index in [9.17, 15) is 9.59 Å². The lowest BCUT2D eigenvalue weighted by Gasteiger charge is -2.14. The first-order valence-corrected chi connectivity index (χ1v) is 5.94. The van der Waals surface area contributed by atoms with Gasteiger partial charge in [0.05, 0.1) is 6.54 Å². The Hall–Kier alpha value is -1.58. The summed E-state index contributed by atoms with van der Waals surface area (Å²) in [6, 6.07) is 0. The van der Waals surface area contributed by atoms with E-state index in [-0.39, 0.29) is 17.9 Å². The number of carbonyl (C=O) groups is 2. The normalized spacial score (nSPS) is 11.9. The highest BCUT2D eigenvalue weighted by Crippen LogP contribution is 2.17. The van der Waals surface area contributed by atoms with Crippen molar-refractivity contribution in [2.24, 2.45) is 5.41 Å². The van der Waals surface area contributed by atoms with Gasteiger partial charge in [-0.25, -0.2) is 4.79 Å². The van der Waals surface area contributed by atoms with Gasteiger partial charge in [-0.1, -0.05) is 33.4 Å². The molecule has 0 unspecified atom stereocenters. The fourth-order valence-corrected chi connectivity index (χ4v) is 1.29. The van der Waals surface area contributed by atoms with Gasteiger partial charge in [0.25, 0.3) is 0 Å². The molecule has 0 atom stereocenters. The van der Waals surface area contributed by atoms with Crippen LogP contribution in [0.15, 0.2) is 23.8 Å². The quantitative estimate of drug-likeness (QED) is 0.464. The van der Waals surface area contributed by atoms with Crippen molar-refractivity contribution in [2.45, 2.75) is 34.6 Å². The minimum atomic E-state index is -0.439. The molecule has 102 valence electrons. The molecule has 0 radical (unpaired) electrons. The zero-order chi connectivity index (χ0) is 14.3. The standard InChI is InChI=1S/C14H23NO3/c1-10(2)13(17)18-8-7-15-12(16)11(3)9-14(4,5)6/h9H,1,7-8H2,2-6H3,(H,15,16). The molecule has 0 fully saturated rings. The fraction of sp³-hybridized carbons (Fsp3) is 0.571. The summed E-state index contributed by atoms with van der Waals surface area (Å²) < 4.78 is 4.86. The van der Waals surface area contributed by atoms with Gasteiger partial charge in [-0.2, -0.15) is 0 Å². The van der Waals surface area contributed by atoms with Gasteiger partial charge in [0.15, 0.2) is 0 Å². The highest BCUT2D eigenvalue weighted by atomic mass is 16.5. The lowest BCUT2D eigenvalue weighted by Crippen LogP contribution is -2.29. The van der Waals surface area contributed by atoms with E-state index in [1.807, 2.05) is 26.8 Å². The van der Waals surface area contributed by atoms with Crippen LogP contribution in [0.3, 0.4) is 0 Å². The van der Waals surface area contributed by atoms with Gasteiger partial charge in [0.1, 0.15) is 6.61 Å². The van der Waals surface area contributed by atoms with Crippen LogP contribution in [0.4, 0.5) is 0 Å². The Kier molecular flexibility index (Phi) is 6.37. The van der Waals surface area contributed by atoms with E-state index >= 15 is 0 Å². The maximum atomic E-state index is 11.7. The number of nitrogens with one attached hydrogen (secondary N) is 1. The average molecular weight is 253 g/mol. The van der Waals surface area contributed by atoms with Gasteiger partial charge < -0.3 is 10.1 Å². The van der Waals surface area contributed by atoms with E-state index < -0.39 is 5.97 Å². The van der Waals surface area contributed by atoms with E-state index in [2.05, 4.69) is 11.9 Å². The number of esters is 1. The molecule has 0 aromatic carbocycles. The van der Waals surface area contributed by atoms with E-state index in [1.54, 1.807) is 13.8 Å². The Morgan fingerprint density at radius 3 is 2.28 bits per heavy atom. The summed E-state index contributed by atoms with van der Waals surface area (Å²) in [4.78, 5) is 22.7. The second-order valence-electron chi connectivity index (χ2n) is 5.37. The average Bonchev–Trinajstić information content (AvgIpc) is 2.20. The van der Waals surface area contributed by atoms with Crippen LogP contribution in [-0.4, -0.2) is 25.0 Å². The molecule has 0 rings (SSSR count). The van der Waals surface area contributed by atoms with Crippen molar-refractivity contribution in [3.8, 4) is 0 Å². The molecule has 0 aromatic heterocycles. The molecule has 0 spiro atoms. The van der Waals surface area contributed by atoms with Crippen LogP contribution >= 0.6 is 0 Å². The highest BCUT2D eigenvalue weighted by Gasteiger charge is 2.11. The smallest absolute Gasteiger partial charge is 0.333 e. The summed E-state index contributed by atoms with van der Waals surface area (Å²) in [5.74, 6) is -0.581. The molecule has 0 aliphatic heterocycles. The summed E-state index contributed by atoms with van der Waals surface area (Å²) in [6.45, 7) is 13.3. The number of hydrogen-bond donors (Lipinski definition) is 1. The first kappa shape index (κ1) is 16.4. The predicted molar refractivity (Wildman–Crippen MR) is 72.0 cm³/mol. The zero-order valence-electron chi connectivity index (χ0n) is 11.9. The second kappa shape index (κ2) is 6.99. The van der Waals surface area contributed by atoms with Crippen molar-refractivity contribution < 1.29 is 14.3 Å². The van der Waals surface area contributed by atoms with Crippen LogP contribution in [0.5, 0.6) is 0 Å². The Labute approximate surface area is 109 Å². The van der Waals surface area contributed by atoms with E-state index in [4.69, 9.17) is 4.74 Å². The number of allylic oxidation sites excluding steroid dienone is 1. The van der Waals surface area contributed by atoms with Gasteiger partial charge in [0.2, 0.25) is 5.91 Å². The van der Waals surface area contributed by atoms with Crippen LogP contribution < -0.4 is 5.32 Å². The van der Waals surface area contributed by atoms with Crippen molar-refractivity contribution in [1.82, 2.24) is 5.32 Å².